The average Bonchev–Trinajstić information content (AvgIpc) is 3.47. The third-order valence-corrected chi connectivity index (χ3v) is 6.84. The van der Waals surface area contributed by atoms with Gasteiger partial charge in [-0.25, -0.2) is 14.5 Å². The van der Waals surface area contributed by atoms with E-state index in [0.717, 1.165) is 27.2 Å². The molecule has 4 rings (SSSR count). The number of hydrogen-bond acceptors (Lipinski definition) is 7. The molecular formula is C24H24Cl2N4O4S. The molecule has 11 heteroatoms. The Morgan fingerprint density at radius 1 is 1.14 bits per heavy atom. The van der Waals surface area contributed by atoms with E-state index in [1.54, 1.807) is 32.0 Å². The van der Waals surface area contributed by atoms with E-state index in [1.165, 1.54) is 10.9 Å². The molecule has 0 aliphatic heterocycles. The topological polar surface area (TPSA) is 80.4 Å². The number of esters is 1. The van der Waals surface area contributed by atoms with E-state index >= 15 is 0 Å². The molecule has 0 saturated heterocycles. The standard InChI is InChI=1S/C24H24Cl2N4O4S/c1-3-34-23(31)17-12-27-30(13-17)24-28-20-11-22(35-14-16-4-6-18(25)7-5-16)19(26)10-21(20)29(24)15-33-9-8-32-2/h4-7,10-13H,3,8-9,14-15H2,1-2H3. The van der Waals surface area contributed by atoms with Crippen molar-refractivity contribution in [3.05, 3.63) is 70.0 Å². The van der Waals surface area contributed by atoms with Crippen molar-refractivity contribution >= 4 is 52.0 Å². The third-order valence-electron chi connectivity index (χ3n) is 5.04. The molecule has 0 fully saturated rings. The van der Waals surface area contributed by atoms with Gasteiger partial charge >= 0.3 is 5.97 Å². The molecule has 184 valence electrons. The van der Waals surface area contributed by atoms with Crippen LogP contribution in [0.2, 0.25) is 10.0 Å². The number of fused-ring (bicyclic) bond motifs is 1. The van der Waals surface area contributed by atoms with Gasteiger partial charge in [0.2, 0.25) is 5.95 Å². The minimum Gasteiger partial charge on any atom is -0.462 e. The summed E-state index contributed by atoms with van der Waals surface area (Å²) >= 11 is 14.3. The quantitative estimate of drug-likeness (QED) is 0.140. The van der Waals surface area contributed by atoms with Crippen LogP contribution in [0.5, 0.6) is 0 Å². The first-order valence-corrected chi connectivity index (χ1v) is 12.6. The largest absolute Gasteiger partial charge is 0.462 e. The molecule has 0 amide bonds. The summed E-state index contributed by atoms with van der Waals surface area (Å²) in [5.41, 5.74) is 2.98. The molecule has 0 bridgehead atoms. The highest BCUT2D eigenvalue weighted by atomic mass is 35.5. The highest BCUT2D eigenvalue weighted by Crippen LogP contribution is 2.34. The fourth-order valence-electron chi connectivity index (χ4n) is 3.32. The molecule has 0 aliphatic carbocycles. The Labute approximate surface area is 217 Å². The fraction of sp³-hybridized carbons (Fsp3) is 0.292. The van der Waals surface area contributed by atoms with Crippen LogP contribution in [0.3, 0.4) is 0 Å². The minimum atomic E-state index is -0.443. The molecule has 0 radical (unpaired) electrons. The molecule has 8 nitrogen and oxygen atoms in total. The molecule has 2 aromatic heterocycles. The predicted octanol–water partition coefficient (Wildman–Crippen LogP) is 5.62. The number of rotatable bonds is 11. The molecular weight excluding hydrogens is 511 g/mol. The number of nitrogens with zero attached hydrogens (tertiary/aromatic N) is 4. The molecule has 0 N–H and O–H groups in total. The number of aromatic nitrogens is 4. The Morgan fingerprint density at radius 3 is 2.69 bits per heavy atom. The molecule has 2 heterocycles. The number of halogens is 2. The van der Waals surface area contributed by atoms with Crippen molar-refractivity contribution in [1.29, 1.82) is 0 Å². The van der Waals surface area contributed by atoms with E-state index in [-0.39, 0.29) is 13.3 Å². The SMILES string of the molecule is CCOC(=O)c1cnn(-c2nc3cc(SCc4ccc(Cl)cc4)c(Cl)cc3n2COCCOC)c1. The van der Waals surface area contributed by atoms with Gasteiger partial charge in [-0.3, -0.25) is 4.57 Å². The van der Waals surface area contributed by atoms with Crippen molar-refractivity contribution in [1.82, 2.24) is 19.3 Å². The summed E-state index contributed by atoms with van der Waals surface area (Å²) in [7, 11) is 1.62. The highest BCUT2D eigenvalue weighted by Gasteiger charge is 2.18. The minimum absolute atomic E-state index is 0.206. The molecule has 0 aliphatic rings. The number of imidazole rings is 1. The van der Waals surface area contributed by atoms with E-state index in [9.17, 15) is 4.79 Å². The van der Waals surface area contributed by atoms with Gasteiger partial charge in [0.15, 0.2) is 0 Å². The maximum absolute atomic E-state index is 12.1. The Morgan fingerprint density at radius 2 is 1.94 bits per heavy atom. The maximum atomic E-state index is 12.1. The van der Waals surface area contributed by atoms with Crippen LogP contribution in [0.25, 0.3) is 17.0 Å². The number of carbonyl (C=O) groups is 1. The van der Waals surface area contributed by atoms with Crippen molar-refractivity contribution in [3.8, 4) is 5.95 Å². The monoisotopic (exact) mass is 534 g/mol. The van der Waals surface area contributed by atoms with Gasteiger partial charge in [0, 0.05) is 29.0 Å². The summed E-state index contributed by atoms with van der Waals surface area (Å²) in [5.74, 6) is 0.781. The van der Waals surface area contributed by atoms with Crippen LogP contribution < -0.4 is 0 Å². The molecule has 35 heavy (non-hydrogen) atoms. The van der Waals surface area contributed by atoms with Crippen molar-refractivity contribution in [2.24, 2.45) is 0 Å². The third kappa shape index (κ3) is 6.17. The molecule has 0 atom stereocenters. The van der Waals surface area contributed by atoms with E-state index < -0.39 is 5.97 Å². The lowest BCUT2D eigenvalue weighted by Gasteiger charge is -2.10. The maximum Gasteiger partial charge on any atom is 0.341 e. The Balaban J connectivity index is 1.66. The molecule has 4 aromatic rings. The molecule has 0 unspecified atom stereocenters. The van der Waals surface area contributed by atoms with Gasteiger partial charge in [0.05, 0.1) is 47.6 Å². The van der Waals surface area contributed by atoms with Crippen LogP contribution in [0.1, 0.15) is 22.8 Å². The number of methoxy groups -OCH3 is 1. The van der Waals surface area contributed by atoms with E-state index in [0.29, 0.717) is 34.8 Å². The number of thioether (sulfide) groups is 1. The Hall–Kier alpha value is -2.56. The number of ether oxygens (including phenoxy) is 3. The van der Waals surface area contributed by atoms with Crippen molar-refractivity contribution in [2.75, 3.05) is 26.9 Å². The van der Waals surface area contributed by atoms with Gasteiger partial charge in [-0.15, -0.1) is 11.8 Å². The van der Waals surface area contributed by atoms with Gasteiger partial charge in [0.1, 0.15) is 6.73 Å². The second kappa shape index (κ2) is 11.9. The number of benzene rings is 2. The van der Waals surface area contributed by atoms with Crippen LogP contribution in [0.15, 0.2) is 53.7 Å². The van der Waals surface area contributed by atoms with E-state index in [4.69, 9.17) is 42.4 Å². The molecule has 0 saturated carbocycles. The van der Waals surface area contributed by atoms with Crippen LogP contribution >= 0.6 is 35.0 Å². The second-order valence-electron chi connectivity index (χ2n) is 7.45. The van der Waals surface area contributed by atoms with Gasteiger partial charge < -0.3 is 14.2 Å². The summed E-state index contributed by atoms with van der Waals surface area (Å²) in [4.78, 5) is 17.8. The van der Waals surface area contributed by atoms with Crippen molar-refractivity contribution < 1.29 is 19.0 Å². The van der Waals surface area contributed by atoms with E-state index in [2.05, 4.69) is 5.10 Å². The smallest absolute Gasteiger partial charge is 0.341 e. The van der Waals surface area contributed by atoms with Crippen LogP contribution in [-0.4, -0.2) is 52.2 Å². The van der Waals surface area contributed by atoms with Crippen molar-refractivity contribution in [3.63, 3.8) is 0 Å². The lowest BCUT2D eigenvalue weighted by molar-refractivity contribution is 0.0356. The summed E-state index contributed by atoms with van der Waals surface area (Å²) in [5, 5.41) is 5.63. The Kier molecular flexibility index (Phi) is 8.69. The zero-order chi connectivity index (χ0) is 24.8. The molecule has 2 aromatic carbocycles. The van der Waals surface area contributed by atoms with E-state index in [1.807, 2.05) is 41.0 Å². The zero-order valence-electron chi connectivity index (χ0n) is 19.2. The first kappa shape index (κ1) is 25.5. The van der Waals surface area contributed by atoms with Crippen LogP contribution in [-0.2, 0) is 26.7 Å². The summed E-state index contributed by atoms with van der Waals surface area (Å²) in [6.07, 6.45) is 3.04. The first-order chi connectivity index (χ1) is 17.0. The number of carbonyl (C=O) groups excluding carboxylic acids is 1. The number of hydrogen-bond donors (Lipinski definition) is 0. The Bertz CT molecular complexity index is 1310. The summed E-state index contributed by atoms with van der Waals surface area (Å²) in [6, 6.07) is 11.5. The zero-order valence-corrected chi connectivity index (χ0v) is 21.6. The predicted molar refractivity (Wildman–Crippen MR) is 137 cm³/mol. The molecule has 0 spiro atoms. The van der Waals surface area contributed by atoms with Gasteiger partial charge in [0.25, 0.3) is 0 Å². The summed E-state index contributed by atoms with van der Waals surface area (Å²) in [6.45, 7) is 3.11. The normalized spacial score (nSPS) is 11.3. The highest BCUT2D eigenvalue weighted by molar-refractivity contribution is 7.98. The van der Waals surface area contributed by atoms with Gasteiger partial charge in [-0.05, 0) is 36.8 Å². The van der Waals surface area contributed by atoms with Gasteiger partial charge in [-0.2, -0.15) is 5.10 Å². The lowest BCUT2D eigenvalue weighted by atomic mass is 10.2. The second-order valence-corrected chi connectivity index (χ2v) is 9.31. The van der Waals surface area contributed by atoms with Crippen molar-refractivity contribution in [2.45, 2.75) is 24.3 Å². The lowest BCUT2D eigenvalue weighted by Crippen LogP contribution is -2.12. The van der Waals surface area contributed by atoms with Gasteiger partial charge in [-0.1, -0.05) is 35.3 Å². The first-order valence-electron chi connectivity index (χ1n) is 10.9. The summed E-state index contributed by atoms with van der Waals surface area (Å²) < 4.78 is 19.3. The fourth-order valence-corrected chi connectivity index (χ4v) is 4.67. The van der Waals surface area contributed by atoms with Crippen LogP contribution in [0, 0.1) is 0 Å². The average molecular weight is 535 g/mol. The van der Waals surface area contributed by atoms with Crippen LogP contribution in [0.4, 0.5) is 0 Å².